The highest BCUT2D eigenvalue weighted by Crippen LogP contribution is 2.21. The molecule has 0 fully saturated rings. The van der Waals surface area contributed by atoms with Gasteiger partial charge in [0.25, 0.3) is 0 Å². The van der Waals surface area contributed by atoms with Crippen LogP contribution < -0.4 is 5.73 Å². The molecule has 18 heavy (non-hydrogen) atoms. The molecular weight excluding hydrogens is 240 g/mol. The van der Waals surface area contributed by atoms with Crippen molar-refractivity contribution in [2.45, 2.75) is 46.1 Å². The van der Waals surface area contributed by atoms with Crippen LogP contribution in [0.15, 0.2) is 17.5 Å². The van der Waals surface area contributed by atoms with Crippen LogP contribution in [0.2, 0.25) is 0 Å². The Morgan fingerprint density at radius 1 is 1.44 bits per heavy atom. The number of hydrogen-bond donors (Lipinski definition) is 1. The minimum atomic E-state index is 0.290. The quantitative estimate of drug-likeness (QED) is 0.783. The average Bonchev–Trinajstić information content (AvgIpc) is 2.81. The van der Waals surface area contributed by atoms with Gasteiger partial charge in [0.05, 0.1) is 0 Å². The fourth-order valence-corrected chi connectivity index (χ4v) is 2.83. The molecule has 0 aromatic carbocycles. The van der Waals surface area contributed by atoms with Gasteiger partial charge >= 0.3 is 0 Å². The summed E-state index contributed by atoms with van der Waals surface area (Å²) in [6.07, 6.45) is 3.60. The Labute approximate surface area is 116 Å². The van der Waals surface area contributed by atoms with Gasteiger partial charge in [-0.1, -0.05) is 19.9 Å². The van der Waals surface area contributed by atoms with Gasteiger partial charge in [0, 0.05) is 10.9 Å². The van der Waals surface area contributed by atoms with Crippen molar-refractivity contribution in [2.24, 2.45) is 11.1 Å². The topological polar surface area (TPSA) is 29.3 Å². The highest BCUT2D eigenvalue weighted by molar-refractivity contribution is 7.09. The molecule has 3 heteroatoms. The first-order valence-corrected chi connectivity index (χ1v) is 7.75. The van der Waals surface area contributed by atoms with E-state index in [9.17, 15) is 0 Å². The van der Waals surface area contributed by atoms with Crippen LogP contribution in [0.5, 0.6) is 0 Å². The Hall–Kier alpha value is -0.380. The first-order chi connectivity index (χ1) is 8.44. The van der Waals surface area contributed by atoms with E-state index in [1.165, 1.54) is 17.7 Å². The molecule has 0 aliphatic rings. The Balaban J connectivity index is 2.25. The van der Waals surface area contributed by atoms with E-state index in [4.69, 9.17) is 5.73 Å². The zero-order chi connectivity index (χ0) is 13.6. The first kappa shape index (κ1) is 15.7. The predicted octanol–water partition coefficient (Wildman–Crippen LogP) is 3.38. The summed E-state index contributed by atoms with van der Waals surface area (Å²) in [5.74, 6) is 0. The minimum Gasteiger partial charge on any atom is -0.330 e. The lowest BCUT2D eigenvalue weighted by molar-refractivity contribution is 0.231. The van der Waals surface area contributed by atoms with Crippen LogP contribution in [-0.4, -0.2) is 31.1 Å². The molecule has 0 spiro atoms. The summed E-state index contributed by atoms with van der Waals surface area (Å²) in [6, 6.07) is 4.98. The second kappa shape index (κ2) is 7.27. The molecule has 2 N–H and O–H groups in total. The van der Waals surface area contributed by atoms with E-state index in [1.807, 2.05) is 11.3 Å². The van der Waals surface area contributed by atoms with Crippen molar-refractivity contribution in [3.63, 3.8) is 0 Å². The van der Waals surface area contributed by atoms with Gasteiger partial charge in [-0.25, -0.2) is 0 Å². The second-order valence-corrected chi connectivity index (χ2v) is 7.12. The van der Waals surface area contributed by atoms with Gasteiger partial charge in [-0.2, -0.15) is 0 Å². The number of rotatable bonds is 8. The largest absolute Gasteiger partial charge is 0.330 e. The Morgan fingerprint density at radius 2 is 2.17 bits per heavy atom. The third-order valence-electron chi connectivity index (χ3n) is 3.75. The Bertz CT molecular complexity index is 319. The molecule has 0 aliphatic heterocycles. The van der Waals surface area contributed by atoms with E-state index in [-0.39, 0.29) is 5.41 Å². The van der Waals surface area contributed by atoms with Crippen LogP contribution in [-0.2, 0) is 6.42 Å². The summed E-state index contributed by atoms with van der Waals surface area (Å²) in [5.41, 5.74) is 6.05. The van der Waals surface area contributed by atoms with Crippen molar-refractivity contribution in [1.82, 2.24) is 4.90 Å². The van der Waals surface area contributed by atoms with E-state index in [0.717, 1.165) is 19.5 Å². The van der Waals surface area contributed by atoms with Crippen molar-refractivity contribution < 1.29 is 0 Å². The third-order valence-corrected chi connectivity index (χ3v) is 4.64. The van der Waals surface area contributed by atoms with Crippen molar-refractivity contribution in [3.05, 3.63) is 22.4 Å². The third kappa shape index (κ3) is 5.51. The molecular formula is C15H28N2S. The maximum atomic E-state index is 5.76. The lowest BCUT2D eigenvalue weighted by Gasteiger charge is -2.27. The second-order valence-electron chi connectivity index (χ2n) is 6.09. The molecule has 104 valence electrons. The van der Waals surface area contributed by atoms with Crippen LogP contribution in [0.4, 0.5) is 0 Å². The zero-order valence-electron chi connectivity index (χ0n) is 12.3. The summed E-state index contributed by atoms with van der Waals surface area (Å²) in [6.45, 7) is 8.76. The molecule has 2 nitrogen and oxygen atoms in total. The van der Waals surface area contributed by atoms with Crippen molar-refractivity contribution >= 4 is 11.3 Å². The normalized spacial score (nSPS) is 14.1. The van der Waals surface area contributed by atoms with Gasteiger partial charge in [0.15, 0.2) is 0 Å². The minimum absolute atomic E-state index is 0.290. The first-order valence-electron chi connectivity index (χ1n) is 6.87. The molecule has 0 aliphatic carbocycles. The molecule has 0 amide bonds. The van der Waals surface area contributed by atoms with Crippen molar-refractivity contribution in [1.29, 1.82) is 0 Å². The fourth-order valence-electron chi connectivity index (χ4n) is 2.01. The van der Waals surface area contributed by atoms with Gasteiger partial charge in [0.2, 0.25) is 0 Å². The fraction of sp³-hybridized carbons (Fsp3) is 0.733. The van der Waals surface area contributed by atoms with Crippen LogP contribution >= 0.6 is 11.3 Å². The van der Waals surface area contributed by atoms with E-state index in [0.29, 0.717) is 6.04 Å². The zero-order valence-corrected chi connectivity index (χ0v) is 13.1. The van der Waals surface area contributed by atoms with Gasteiger partial charge < -0.3 is 10.6 Å². The number of likely N-dealkylation sites (N-methyl/N-ethyl adjacent to an activating group) is 1. The van der Waals surface area contributed by atoms with E-state index in [1.54, 1.807) is 0 Å². The summed E-state index contributed by atoms with van der Waals surface area (Å²) in [7, 11) is 2.23. The summed E-state index contributed by atoms with van der Waals surface area (Å²) in [5, 5.41) is 2.16. The summed E-state index contributed by atoms with van der Waals surface area (Å²) >= 11 is 1.86. The number of nitrogens with two attached hydrogens (primary N) is 1. The Kier molecular flexibility index (Phi) is 6.33. The Morgan fingerprint density at radius 3 is 2.72 bits per heavy atom. The van der Waals surface area contributed by atoms with Gasteiger partial charge in [-0.3, -0.25) is 0 Å². The highest BCUT2D eigenvalue weighted by atomic mass is 32.1. The molecule has 0 saturated carbocycles. The molecule has 1 atom stereocenters. The maximum absolute atomic E-state index is 5.76. The van der Waals surface area contributed by atoms with Gasteiger partial charge in [-0.15, -0.1) is 11.3 Å². The van der Waals surface area contributed by atoms with Crippen LogP contribution in [0, 0.1) is 5.41 Å². The number of thiophene rings is 1. The molecule has 1 unspecified atom stereocenters. The predicted molar refractivity (Wildman–Crippen MR) is 82.2 cm³/mol. The number of nitrogens with zero attached hydrogens (tertiary/aromatic N) is 1. The van der Waals surface area contributed by atoms with Crippen LogP contribution in [0.25, 0.3) is 0 Å². The lowest BCUT2D eigenvalue weighted by atomic mass is 9.88. The number of hydrogen-bond acceptors (Lipinski definition) is 3. The van der Waals surface area contributed by atoms with Crippen molar-refractivity contribution in [3.8, 4) is 0 Å². The highest BCUT2D eigenvalue weighted by Gasteiger charge is 2.16. The smallest absolute Gasteiger partial charge is 0.0112 e. The van der Waals surface area contributed by atoms with E-state index < -0.39 is 0 Å². The van der Waals surface area contributed by atoms with Crippen LogP contribution in [0.1, 0.15) is 38.5 Å². The van der Waals surface area contributed by atoms with Crippen molar-refractivity contribution in [2.75, 3.05) is 20.1 Å². The molecule has 1 aromatic heterocycles. The molecule has 1 heterocycles. The SMILES string of the molecule is CC(Cc1cccs1)N(C)CCCC(C)(C)CN. The molecule has 0 bridgehead atoms. The standard InChI is InChI=1S/C15H28N2S/c1-13(11-14-7-5-10-18-14)17(4)9-6-8-15(2,3)12-16/h5,7,10,13H,6,8-9,11-12,16H2,1-4H3. The lowest BCUT2D eigenvalue weighted by Crippen LogP contribution is -2.32. The van der Waals surface area contributed by atoms with E-state index >= 15 is 0 Å². The summed E-state index contributed by atoms with van der Waals surface area (Å²) in [4.78, 5) is 3.95. The summed E-state index contributed by atoms with van der Waals surface area (Å²) < 4.78 is 0. The van der Waals surface area contributed by atoms with Gasteiger partial charge in [0.1, 0.15) is 0 Å². The van der Waals surface area contributed by atoms with Crippen LogP contribution in [0.3, 0.4) is 0 Å². The molecule has 0 saturated heterocycles. The van der Waals surface area contributed by atoms with E-state index in [2.05, 4.69) is 50.2 Å². The average molecular weight is 268 g/mol. The monoisotopic (exact) mass is 268 g/mol. The molecule has 0 radical (unpaired) electrons. The molecule has 1 aromatic rings. The van der Waals surface area contributed by atoms with Gasteiger partial charge in [-0.05, 0) is 63.2 Å². The molecule has 1 rings (SSSR count). The maximum Gasteiger partial charge on any atom is 0.0112 e.